The average Bonchev–Trinajstić information content (AvgIpc) is 2.46. The molecule has 4 nitrogen and oxygen atoms in total. The summed E-state index contributed by atoms with van der Waals surface area (Å²) in [5.74, 6) is 1.51. The number of nitrogens with zero attached hydrogens (tertiary/aromatic N) is 1. The van der Waals surface area contributed by atoms with Crippen molar-refractivity contribution < 1.29 is 9.53 Å². The highest BCUT2D eigenvalue weighted by Crippen LogP contribution is 2.28. The van der Waals surface area contributed by atoms with Crippen LogP contribution in [0.4, 0.5) is 0 Å². The van der Waals surface area contributed by atoms with Crippen molar-refractivity contribution in [2.24, 2.45) is 5.92 Å². The lowest BCUT2D eigenvalue weighted by Crippen LogP contribution is -2.49. The van der Waals surface area contributed by atoms with Gasteiger partial charge in [-0.1, -0.05) is 26.0 Å². The summed E-state index contributed by atoms with van der Waals surface area (Å²) in [6, 6.07) is 8.50. The van der Waals surface area contributed by atoms with Gasteiger partial charge in [-0.15, -0.1) is 0 Å². The summed E-state index contributed by atoms with van der Waals surface area (Å²) in [6.45, 7) is 5.82. The number of methoxy groups -OCH3 is 1. The maximum Gasteiger partial charge on any atom is 0.222 e. The van der Waals surface area contributed by atoms with E-state index in [-0.39, 0.29) is 17.9 Å². The van der Waals surface area contributed by atoms with Gasteiger partial charge in [0.05, 0.1) is 7.11 Å². The lowest BCUT2D eigenvalue weighted by atomic mass is 9.88. The molecule has 1 aliphatic rings. The minimum absolute atomic E-state index is 0.0386. The van der Waals surface area contributed by atoms with Crippen LogP contribution in [0.1, 0.15) is 31.7 Å². The molecule has 1 fully saturated rings. The topological polar surface area (TPSA) is 41.6 Å². The third kappa shape index (κ3) is 4.21. The van der Waals surface area contributed by atoms with Gasteiger partial charge in [-0.05, 0) is 37.1 Å². The molecule has 21 heavy (non-hydrogen) atoms. The average molecular weight is 290 g/mol. The van der Waals surface area contributed by atoms with Crippen LogP contribution >= 0.6 is 0 Å². The number of amides is 1. The van der Waals surface area contributed by atoms with E-state index in [1.54, 1.807) is 7.11 Å². The molecule has 2 atom stereocenters. The lowest BCUT2D eigenvalue weighted by Gasteiger charge is -2.36. The summed E-state index contributed by atoms with van der Waals surface area (Å²) in [7, 11) is 3.80. The van der Waals surface area contributed by atoms with E-state index in [1.165, 1.54) is 5.56 Å². The standard InChI is InChI=1S/C17H26N2O2/c1-12(2)17(20)18-15-9-14(10-19(3)11-15)13-5-7-16(21-4)8-6-13/h5-8,12,14-15H,9-11H2,1-4H3,(H,18,20). The van der Waals surface area contributed by atoms with E-state index in [0.29, 0.717) is 5.92 Å². The van der Waals surface area contributed by atoms with Gasteiger partial charge in [0.2, 0.25) is 5.91 Å². The Hall–Kier alpha value is -1.55. The number of piperidine rings is 1. The Morgan fingerprint density at radius 1 is 1.29 bits per heavy atom. The number of benzene rings is 1. The first-order chi connectivity index (χ1) is 9.99. The number of carbonyl (C=O) groups is 1. The molecule has 1 N–H and O–H groups in total. The Bertz CT molecular complexity index is 470. The molecule has 0 aromatic heterocycles. The van der Waals surface area contributed by atoms with E-state index in [2.05, 4.69) is 29.4 Å². The number of hydrogen-bond donors (Lipinski definition) is 1. The molecule has 1 heterocycles. The molecule has 0 radical (unpaired) electrons. The van der Waals surface area contributed by atoms with Gasteiger partial charge < -0.3 is 15.0 Å². The maximum absolute atomic E-state index is 11.9. The van der Waals surface area contributed by atoms with E-state index in [4.69, 9.17) is 4.74 Å². The summed E-state index contributed by atoms with van der Waals surface area (Å²) in [6.07, 6.45) is 0.995. The molecular weight excluding hydrogens is 264 g/mol. The number of ether oxygens (including phenoxy) is 1. The Balaban J connectivity index is 2.04. The summed E-state index contributed by atoms with van der Waals surface area (Å²) >= 11 is 0. The highest BCUT2D eigenvalue weighted by Gasteiger charge is 2.27. The summed E-state index contributed by atoms with van der Waals surface area (Å²) < 4.78 is 5.21. The largest absolute Gasteiger partial charge is 0.497 e. The van der Waals surface area contributed by atoms with Crippen molar-refractivity contribution in [2.75, 3.05) is 27.2 Å². The first kappa shape index (κ1) is 15.8. The van der Waals surface area contributed by atoms with E-state index in [1.807, 2.05) is 26.0 Å². The minimum Gasteiger partial charge on any atom is -0.497 e. The minimum atomic E-state index is 0.0386. The molecule has 0 spiro atoms. The molecule has 116 valence electrons. The van der Waals surface area contributed by atoms with Crippen LogP contribution in [0.2, 0.25) is 0 Å². The Morgan fingerprint density at radius 3 is 2.52 bits per heavy atom. The van der Waals surface area contributed by atoms with Crippen molar-refractivity contribution in [3.63, 3.8) is 0 Å². The summed E-state index contributed by atoms with van der Waals surface area (Å²) in [5, 5.41) is 3.17. The van der Waals surface area contributed by atoms with Crippen LogP contribution in [0, 0.1) is 5.92 Å². The highest BCUT2D eigenvalue weighted by molar-refractivity contribution is 5.78. The fourth-order valence-electron chi connectivity index (χ4n) is 2.91. The molecule has 1 aliphatic heterocycles. The number of rotatable bonds is 4. The number of nitrogens with one attached hydrogen (secondary N) is 1. The van der Waals surface area contributed by atoms with E-state index in [9.17, 15) is 4.79 Å². The van der Waals surface area contributed by atoms with E-state index in [0.717, 1.165) is 25.3 Å². The van der Waals surface area contributed by atoms with E-state index < -0.39 is 0 Å². The second kappa shape index (κ2) is 6.94. The third-order valence-corrected chi connectivity index (χ3v) is 4.09. The predicted octanol–water partition coefficient (Wildman–Crippen LogP) is 2.26. The zero-order chi connectivity index (χ0) is 15.4. The Kier molecular flexibility index (Phi) is 5.23. The lowest BCUT2D eigenvalue weighted by molar-refractivity contribution is -0.125. The quantitative estimate of drug-likeness (QED) is 0.925. The van der Waals surface area contributed by atoms with Crippen LogP contribution < -0.4 is 10.1 Å². The first-order valence-corrected chi connectivity index (χ1v) is 7.62. The summed E-state index contributed by atoms with van der Waals surface area (Å²) in [5.41, 5.74) is 1.31. The molecule has 1 saturated heterocycles. The Labute approximate surface area is 127 Å². The Morgan fingerprint density at radius 2 is 1.95 bits per heavy atom. The maximum atomic E-state index is 11.9. The zero-order valence-corrected chi connectivity index (χ0v) is 13.4. The van der Waals surface area contributed by atoms with Gasteiger partial charge in [0, 0.05) is 25.0 Å². The van der Waals surface area contributed by atoms with Crippen LogP contribution in [-0.2, 0) is 4.79 Å². The summed E-state index contributed by atoms with van der Waals surface area (Å²) in [4.78, 5) is 14.2. The molecule has 0 aliphatic carbocycles. The van der Waals surface area contributed by atoms with Crippen molar-refractivity contribution >= 4 is 5.91 Å². The second-order valence-corrected chi connectivity index (χ2v) is 6.29. The van der Waals surface area contributed by atoms with E-state index >= 15 is 0 Å². The molecule has 2 unspecified atom stereocenters. The molecular formula is C17H26N2O2. The SMILES string of the molecule is COc1ccc(C2CC(NC(=O)C(C)C)CN(C)C2)cc1. The molecule has 4 heteroatoms. The molecule has 1 amide bonds. The van der Waals surface area contributed by atoms with Crippen molar-refractivity contribution in [3.8, 4) is 5.75 Å². The molecule has 1 aromatic rings. The second-order valence-electron chi connectivity index (χ2n) is 6.29. The van der Waals surface area contributed by atoms with Crippen LogP contribution in [0.3, 0.4) is 0 Å². The van der Waals surface area contributed by atoms with Crippen LogP contribution in [0.15, 0.2) is 24.3 Å². The highest BCUT2D eigenvalue weighted by atomic mass is 16.5. The number of likely N-dealkylation sites (N-methyl/N-ethyl adjacent to an activating group) is 1. The van der Waals surface area contributed by atoms with Gasteiger partial charge in [0.1, 0.15) is 5.75 Å². The molecule has 1 aromatic carbocycles. The van der Waals surface area contributed by atoms with Gasteiger partial charge in [-0.3, -0.25) is 4.79 Å². The van der Waals surface area contributed by atoms with Crippen molar-refractivity contribution in [2.45, 2.75) is 32.2 Å². The first-order valence-electron chi connectivity index (χ1n) is 7.62. The van der Waals surface area contributed by atoms with Crippen molar-refractivity contribution in [1.82, 2.24) is 10.2 Å². The smallest absolute Gasteiger partial charge is 0.222 e. The van der Waals surface area contributed by atoms with Crippen LogP contribution in [-0.4, -0.2) is 44.1 Å². The van der Waals surface area contributed by atoms with Gasteiger partial charge in [-0.25, -0.2) is 0 Å². The third-order valence-electron chi connectivity index (χ3n) is 4.09. The number of hydrogen-bond acceptors (Lipinski definition) is 3. The monoisotopic (exact) mass is 290 g/mol. The van der Waals surface area contributed by atoms with Crippen LogP contribution in [0.25, 0.3) is 0 Å². The predicted molar refractivity (Wildman–Crippen MR) is 84.6 cm³/mol. The van der Waals surface area contributed by atoms with Crippen molar-refractivity contribution in [3.05, 3.63) is 29.8 Å². The fourth-order valence-corrected chi connectivity index (χ4v) is 2.91. The molecule has 0 saturated carbocycles. The number of likely N-dealkylation sites (tertiary alicyclic amines) is 1. The van der Waals surface area contributed by atoms with Gasteiger partial charge in [-0.2, -0.15) is 0 Å². The fraction of sp³-hybridized carbons (Fsp3) is 0.588. The molecule has 0 bridgehead atoms. The normalized spacial score (nSPS) is 23.1. The van der Waals surface area contributed by atoms with Gasteiger partial charge in [0.15, 0.2) is 0 Å². The zero-order valence-electron chi connectivity index (χ0n) is 13.4. The van der Waals surface area contributed by atoms with Gasteiger partial charge in [0.25, 0.3) is 0 Å². The molecule has 2 rings (SSSR count). The van der Waals surface area contributed by atoms with Crippen LogP contribution in [0.5, 0.6) is 5.75 Å². The van der Waals surface area contributed by atoms with Crippen molar-refractivity contribution in [1.29, 1.82) is 0 Å². The van der Waals surface area contributed by atoms with Gasteiger partial charge >= 0.3 is 0 Å². The number of carbonyl (C=O) groups excluding carboxylic acids is 1.